The maximum absolute atomic E-state index is 10.8. The highest BCUT2D eigenvalue weighted by molar-refractivity contribution is 5.86. The normalized spacial score (nSPS) is 12.3. The second kappa shape index (κ2) is 4.91. The highest BCUT2D eigenvalue weighted by Gasteiger charge is 2.05. The van der Waals surface area contributed by atoms with Crippen LogP contribution in [0.15, 0.2) is 12.2 Å². The van der Waals surface area contributed by atoms with Crippen molar-refractivity contribution < 1.29 is 14.6 Å². The minimum absolute atomic E-state index is 0.00157. The molecule has 0 aliphatic rings. The first kappa shape index (κ1) is 10.2. The van der Waals surface area contributed by atoms with Gasteiger partial charge < -0.3 is 9.84 Å². The van der Waals surface area contributed by atoms with Crippen molar-refractivity contribution in [2.45, 2.75) is 13.8 Å². The summed E-state index contributed by atoms with van der Waals surface area (Å²) in [5.41, 5.74) is 0.384. The zero-order valence-electron chi connectivity index (χ0n) is 6.96. The summed E-state index contributed by atoms with van der Waals surface area (Å²) in [5, 5.41) is 8.57. The average Bonchev–Trinajstić information content (AvgIpc) is 1.99. The SMILES string of the molecule is C=C(C)C(=O)OCC(C)CO. The van der Waals surface area contributed by atoms with E-state index in [1.807, 2.05) is 0 Å². The Morgan fingerprint density at radius 3 is 2.64 bits per heavy atom. The summed E-state index contributed by atoms with van der Waals surface area (Å²) in [6.07, 6.45) is 0. The molecule has 64 valence electrons. The molecule has 0 amide bonds. The fourth-order valence-corrected chi connectivity index (χ4v) is 0.394. The molecule has 3 nitrogen and oxygen atoms in total. The van der Waals surface area contributed by atoms with Gasteiger partial charge in [-0.05, 0) is 6.92 Å². The fourth-order valence-electron chi connectivity index (χ4n) is 0.394. The number of aliphatic hydroxyl groups excluding tert-OH is 1. The lowest BCUT2D eigenvalue weighted by atomic mass is 10.2. The molecule has 3 heteroatoms. The fraction of sp³-hybridized carbons (Fsp3) is 0.625. The molecule has 0 heterocycles. The summed E-state index contributed by atoms with van der Waals surface area (Å²) in [7, 11) is 0. The molecule has 0 bridgehead atoms. The Bertz CT molecular complexity index is 151. The number of esters is 1. The van der Waals surface area contributed by atoms with Crippen LogP contribution in [0, 0.1) is 5.92 Å². The molecule has 0 spiro atoms. The van der Waals surface area contributed by atoms with Gasteiger partial charge in [0.05, 0.1) is 6.61 Å². The Morgan fingerprint density at radius 2 is 2.27 bits per heavy atom. The van der Waals surface area contributed by atoms with Crippen LogP contribution in [0.25, 0.3) is 0 Å². The average molecular weight is 158 g/mol. The Kier molecular flexibility index (Phi) is 4.54. The van der Waals surface area contributed by atoms with Crippen LogP contribution in [0.2, 0.25) is 0 Å². The van der Waals surface area contributed by atoms with Gasteiger partial charge in [-0.1, -0.05) is 13.5 Å². The molecule has 0 radical (unpaired) electrons. The van der Waals surface area contributed by atoms with Gasteiger partial charge in [-0.25, -0.2) is 4.79 Å². The molecule has 1 N–H and O–H groups in total. The van der Waals surface area contributed by atoms with Crippen molar-refractivity contribution in [3.05, 3.63) is 12.2 Å². The minimum Gasteiger partial charge on any atom is -0.462 e. The first-order valence-electron chi connectivity index (χ1n) is 3.51. The molecule has 0 rings (SSSR count). The van der Waals surface area contributed by atoms with Crippen molar-refractivity contribution in [2.75, 3.05) is 13.2 Å². The van der Waals surface area contributed by atoms with Gasteiger partial charge in [0.2, 0.25) is 0 Å². The molecule has 11 heavy (non-hydrogen) atoms. The number of hydrogen-bond acceptors (Lipinski definition) is 3. The van der Waals surface area contributed by atoms with Gasteiger partial charge in [0.1, 0.15) is 0 Å². The maximum Gasteiger partial charge on any atom is 0.333 e. The van der Waals surface area contributed by atoms with Crippen molar-refractivity contribution in [3.63, 3.8) is 0 Å². The van der Waals surface area contributed by atoms with Crippen LogP contribution < -0.4 is 0 Å². The van der Waals surface area contributed by atoms with Crippen LogP contribution in [0.4, 0.5) is 0 Å². The summed E-state index contributed by atoms with van der Waals surface area (Å²) < 4.78 is 4.76. The summed E-state index contributed by atoms with van der Waals surface area (Å²) >= 11 is 0. The third kappa shape index (κ3) is 4.56. The van der Waals surface area contributed by atoms with E-state index < -0.39 is 5.97 Å². The van der Waals surface area contributed by atoms with Gasteiger partial charge in [0.15, 0.2) is 0 Å². The second-order valence-electron chi connectivity index (χ2n) is 2.67. The van der Waals surface area contributed by atoms with E-state index in [0.29, 0.717) is 5.57 Å². The zero-order chi connectivity index (χ0) is 8.85. The molecule has 0 aliphatic carbocycles. The second-order valence-corrected chi connectivity index (χ2v) is 2.67. The maximum atomic E-state index is 10.8. The first-order chi connectivity index (χ1) is 5.07. The summed E-state index contributed by atoms with van der Waals surface area (Å²) in [6, 6.07) is 0. The highest BCUT2D eigenvalue weighted by Crippen LogP contribution is 1.97. The van der Waals surface area contributed by atoms with E-state index in [4.69, 9.17) is 9.84 Å². The zero-order valence-corrected chi connectivity index (χ0v) is 6.96. The van der Waals surface area contributed by atoms with E-state index in [1.165, 1.54) is 0 Å². The molecular formula is C8H14O3. The van der Waals surface area contributed by atoms with Crippen LogP contribution in [0.1, 0.15) is 13.8 Å². The molecule has 0 aromatic rings. The predicted octanol–water partition coefficient (Wildman–Crippen LogP) is 0.734. The number of rotatable bonds is 4. The summed E-state index contributed by atoms with van der Waals surface area (Å²) in [6.45, 7) is 7.09. The van der Waals surface area contributed by atoms with E-state index in [2.05, 4.69) is 6.58 Å². The monoisotopic (exact) mass is 158 g/mol. The standard InChI is InChI=1S/C8H14O3/c1-6(2)8(10)11-5-7(3)4-9/h7,9H,1,4-5H2,2-3H3. The van der Waals surface area contributed by atoms with E-state index in [0.717, 1.165) is 0 Å². The summed E-state index contributed by atoms with van der Waals surface area (Å²) in [5.74, 6) is -0.399. The van der Waals surface area contributed by atoms with E-state index in [1.54, 1.807) is 13.8 Å². The molecule has 0 saturated heterocycles. The van der Waals surface area contributed by atoms with Crippen molar-refractivity contribution in [1.82, 2.24) is 0 Å². The largest absolute Gasteiger partial charge is 0.462 e. The van der Waals surface area contributed by atoms with Gasteiger partial charge in [-0.3, -0.25) is 0 Å². The number of aliphatic hydroxyl groups is 1. The van der Waals surface area contributed by atoms with Crippen molar-refractivity contribution in [1.29, 1.82) is 0 Å². The Labute approximate surface area is 66.7 Å². The highest BCUT2D eigenvalue weighted by atomic mass is 16.5. The van der Waals surface area contributed by atoms with Gasteiger partial charge in [0.25, 0.3) is 0 Å². The quantitative estimate of drug-likeness (QED) is 0.484. The lowest BCUT2D eigenvalue weighted by Crippen LogP contribution is -2.14. The number of carbonyl (C=O) groups is 1. The number of hydrogen-bond donors (Lipinski definition) is 1. The Balaban J connectivity index is 3.54. The van der Waals surface area contributed by atoms with E-state index in [9.17, 15) is 4.79 Å². The van der Waals surface area contributed by atoms with E-state index in [-0.39, 0.29) is 19.1 Å². The molecular weight excluding hydrogens is 144 g/mol. The first-order valence-corrected chi connectivity index (χ1v) is 3.51. The van der Waals surface area contributed by atoms with Crippen LogP contribution in [0.5, 0.6) is 0 Å². The predicted molar refractivity (Wildman–Crippen MR) is 42.0 cm³/mol. The van der Waals surface area contributed by atoms with Crippen molar-refractivity contribution >= 4 is 5.97 Å². The Morgan fingerprint density at radius 1 is 1.73 bits per heavy atom. The molecule has 0 saturated carbocycles. The van der Waals surface area contributed by atoms with Gasteiger partial charge in [-0.15, -0.1) is 0 Å². The smallest absolute Gasteiger partial charge is 0.333 e. The Hall–Kier alpha value is -0.830. The molecule has 0 aliphatic heterocycles. The van der Waals surface area contributed by atoms with Gasteiger partial charge >= 0.3 is 5.97 Å². The van der Waals surface area contributed by atoms with Crippen LogP contribution in [-0.2, 0) is 9.53 Å². The third-order valence-electron chi connectivity index (χ3n) is 1.16. The number of ether oxygens (including phenoxy) is 1. The van der Waals surface area contributed by atoms with Crippen molar-refractivity contribution in [2.24, 2.45) is 5.92 Å². The minimum atomic E-state index is -0.398. The molecule has 0 aromatic carbocycles. The van der Waals surface area contributed by atoms with Crippen LogP contribution in [-0.4, -0.2) is 24.3 Å². The molecule has 1 atom stereocenters. The third-order valence-corrected chi connectivity index (χ3v) is 1.16. The van der Waals surface area contributed by atoms with Gasteiger partial charge in [-0.2, -0.15) is 0 Å². The molecule has 0 aromatic heterocycles. The van der Waals surface area contributed by atoms with Crippen LogP contribution >= 0.6 is 0 Å². The number of carbonyl (C=O) groups excluding carboxylic acids is 1. The van der Waals surface area contributed by atoms with Crippen LogP contribution in [0.3, 0.4) is 0 Å². The summed E-state index contributed by atoms with van der Waals surface area (Å²) in [4.78, 5) is 10.8. The van der Waals surface area contributed by atoms with E-state index >= 15 is 0 Å². The lowest BCUT2D eigenvalue weighted by Gasteiger charge is -2.08. The molecule has 1 unspecified atom stereocenters. The molecule has 0 fully saturated rings. The lowest BCUT2D eigenvalue weighted by molar-refractivity contribution is -0.140. The van der Waals surface area contributed by atoms with Gasteiger partial charge in [0, 0.05) is 18.1 Å². The topological polar surface area (TPSA) is 46.5 Å². The van der Waals surface area contributed by atoms with Crippen molar-refractivity contribution in [3.8, 4) is 0 Å².